The zero-order valence-corrected chi connectivity index (χ0v) is 13.3. The normalized spacial score (nSPS) is 11.6. The van der Waals surface area contributed by atoms with Gasteiger partial charge in [0, 0.05) is 12.6 Å². The van der Waals surface area contributed by atoms with E-state index in [1.165, 1.54) is 0 Å². The molecule has 0 radical (unpaired) electrons. The number of carbonyl (C=O) groups is 1. The van der Waals surface area contributed by atoms with Crippen LogP contribution in [0.25, 0.3) is 5.69 Å². The molecule has 0 saturated carbocycles. The Kier molecular flexibility index (Phi) is 5.93. The second-order valence-corrected chi connectivity index (χ2v) is 4.95. The number of nitrogens with zero attached hydrogens (tertiary/aromatic N) is 2. The minimum Gasteiger partial charge on any atom is -0.348 e. The monoisotopic (exact) mass is 308 g/mol. The third kappa shape index (κ3) is 3.62. The molecule has 0 aliphatic heterocycles. The van der Waals surface area contributed by atoms with Gasteiger partial charge >= 0.3 is 0 Å². The number of rotatable bonds is 4. The van der Waals surface area contributed by atoms with Gasteiger partial charge in [0.15, 0.2) is 0 Å². The zero-order chi connectivity index (χ0) is 14.7. The van der Waals surface area contributed by atoms with Crippen LogP contribution in [0.15, 0.2) is 30.5 Å². The number of halogens is 1. The van der Waals surface area contributed by atoms with E-state index in [1.54, 1.807) is 10.9 Å². The summed E-state index contributed by atoms with van der Waals surface area (Å²) in [6, 6.07) is 7.89. The zero-order valence-electron chi connectivity index (χ0n) is 12.5. The largest absolute Gasteiger partial charge is 0.348 e. The molecule has 1 aromatic heterocycles. The second-order valence-electron chi connectivity index (χ2n) is 4.95. The topological polar surface area (TPSA) is 72.9 Å². The molecule has 21 heavy (non-hydrogen) atoms. The van der Waals surface area contributed by atoms with Crippen LogP contribution in [0.4, 0.5) is 0 Å². The van der Waals surface area contributed by atoms with Gasteiger partial charge in [0.05, 0.1) is 23.1 Å². The van der Waals surface area contributed by atoms with E-state index in [9.17, 15) is 4.79 Å². The van der Waals surface area contributed by atoms with Crippen molar-refractivity contribution in [2.45, 2.75) is 26.8 Å². The lowest BCUT2D eigenvalue weighted by Crippen LogP contribution is -2.37. The first-order valence-electron chi connectivity index (χ1n) is 6.66. The van der Waals surface area contributed by atoms with E-state index < -0.39 is 0 Å². The lowest BCUT2D eigenvalue weighted by molar-refractivity contribution is 0.0940. The number of hydrogen-bond donors (Lipinski definition) is 2. The number of aryl methyl sites for hydroxylation is 1. The van der Waals surface area contributed by atoms with Gasteiger partial charge in [-0.05, 0) is 32.4 Å². The summed E-state index contributed by atoms with van der Waals surface area (Å²) in [6.45, 7) is 6.20. The molecule has 0 aliphatic rings. The van der Waals surface area contributed by atoms with Crippen molar-refractivity contribution in [3.05, 3.63) is 47.3 Å². The summed E-state index contributed by atoms with van der Waals surface area (Å²) in [5.74, 6) is -0.139. The van der Waals surface area contributed by atoms with E-state index in [0.717, 1.165) is 16.9 Å². The number of hydrogen-bond acceptors (Lipinski definition) is 3. The predicted octanol–water partition coefficient (Wildman–Crippen LogP) is 1.99. The molecule has 5 nitrogen and oxygen atoms in total. The maximum Gasteiger partial charge on any atom is 0.255 e. The number of amides is 1. The fraction of sp³-hybridized carbons (Fsp3) is 0.333. The van der Waals surface area contributed by atoms with Crippen LogP contribution in [0, 0.1) is 13.8 Å². The van der Waals surface area contributed by atoms with Gasteiger partial charge in [0.2, 0.25) is 0 Å². The molecule has 0 saturated heterocycles. The number of carbonyl (C=O) groups excluding carboxylic acids is 1. The van der Waals surface area contributed by atoms with Crippen LogP contribution in [-0.2, 0) is 0 Å². The maximum atomic E-state index is 12.1. The smallest absolute Gasteiger partial charge is 0.255 e. The average molecular weight is 309 g/mol. The molecular formula is C15H21ClN4O. The van der Waals surface area contributed by atoms with Gasteiger partial charge in [-0.2, -0.15) is 5.10 Å². The van der Waals surface area contributed by atoms with E-state index >= 15 is 0 Å². The van der Waals surface area contributed by atoms with Crippen LogP contribution in [0.1, 0.15) is 28.5 Å². The van der Waals surface area contributed by atoms with Gasteiger partial charge in [-0.3, -0.25) is 4.79 Å². The van der Waals surface area contributed by atoms with Crippen molar-refractivity contribution in [1.82, 2.24) is 15.1 Å². The second kappa shape index (κ2) is 7.24. The summed E-state index contributed by atoms with van der Waals surface area (Å²) in [5.41, 5.74) is 9.01. The Bertz CT molecular complexity index is 624. The Hall–Kier alpha value is -1.85. The van der Waals surface area contributed by atoms with E-state index in [0.29, 0.717) is 12.1 Å². The van der Waals surface area contributed by atoms with Crippen LogP contribution in [0.5, 0.6) is 0 Å². The van der Waals surface area contributed by atoms with Crippen LogP contribution >= 0.6 is 12.4 Å². The minimum absolute atomic E-state index is 0. The SMILES string of the molecule is Cc1ccccc1-n1ncc(C(=O)N[C@@H](C)CN)c1C.Cl. The Morgan fingerprint density at radius 1 is 1.38 bits per heavy atom. The Labute approximate surface area is 130 Å². The third-order valence-electron chi connectivity index (χ3n) is 3.33. The van der Waals surface area contributed by atoms with Gasteiger partial charge in [0.25, 0.3) is 5.91 Å². The highest BCUT2D eigenvalue weighted by Crippen LogP contribution is 2.17. The maximum absolute atomic E-state index is 12.1. The van der Waals surface area contributed by atoms with E-state index in [-0.39, 0.29) is 24.4 Å². The molecular weight excluding hydrogens is 288 g/mol. The van der Waals surface area contributed by atoms with Gasteiger partial charge in [0.1, 0.15) is 0 Å². The highest BCUT2D eigenvalue weighted by atomic mass is 35.5. The standard InChI is InChI=1S/C15H20N4O.ClH/c1-10-6-4-5-7-14(10)19-12(3)13(9-17-19)15(20)18-11(2)8-16;/h4-7,9,11H,8,16H2,1-3H3,(H,18,20);1H/t11-;/m0./s1. The number of benzene rings is 1. The molecule has 0 unspecified atom stereocenters. The van der Waals surface area contributed by atoms with Crippen LogP contribution in [0.2, 0.25) is 0 Å². The fourth-order valence-corrected chi connectivity index (χ4v) is 2.04. The number of nitrogens with two attached hydrogens (primary N) is 1. The molecule has 3 N–H and O–H groups in total. The third-order valence-corrected chi connectivity index (χ3v) is 3.33. The molecule has 6 heteroatoms. The van der Waals surface area contributed by atoms with E-state index in [4.69, 9.17) is 5.73 Å². The number of para-hydroxylation sites is 1. The van der Waals surface area contributed by atoms with Crippen molar-refractivity contribution in [3.8, 4) is 5.69 Å². The highest BCUT2D eigenvalue weighted by Gasteiger charge is 2.16. The molecule has 114 valence electrons. The molecule has 1 atom stereocenters. The van der Waals surface area contributed by atoms with Crippen LogP contribution < -0.4 is 11.1 Å². The lowest BCUT2D eigenvalue weighted by Gasteiger charge is -2.11. The summed E-state index contributed by atoms with van der Waals surface area (Å²) < 4.78 is 1.79. The summed E-state index contributed by atoms with van der Waals surface area (Å²) >= 11 is 0. The molecule has 1 aromatic carbocycles. The number of aromatic nitrogens is 2. The van der Waals surface area contributed by atoms with Crippen LogP contribution in [0.3, 0.4) is 0 Å². The van der Waals surface area contributed by atoms with Crippen molar-refractivity contribution >= 4 is 18.3 Å². The summed E-state index contributed by atoms with van der Waals surface area (Å²) in [4.78, 5) is 12.1. The number of nitrogens with one attached hydrogen (secondary N) is 1. The minimum atomic E-state index is -0.139. The first-order chi connectivity index (χ1) is 9.54. The molecule has 0 fully saturated rings. The molecule has 0 bridgehead atoms. The molecule has 2 rings (SSSR count). The Morgan fingerprint density at radius 3 is 2.67 bits per heavy atom. The molecule has 2 aromatic rings. The van der Waals surface area contributed by atoms with Gasteiger partial charge < -0.3 is 11.1 Å². The quantitative estimate of drug-likeness (QED) is 0.907. The Balaban J connectivity index is 0.00000220. The van der Waals surface area contributed by atoms with E-state index in [1.807, 2.05) is 45.0 Å². The van der Waals surface area contributed by atoms with Crippen molar-refractivity contribution < 1.29 is 4.79 Å². The van der Waals surface area contributed by atoms with Crippen molar-refractivity contribution in [2.24, 2.45) is 5.73 Å². The lowest BCUT2D eigenvalue weighted by atomic mass is 10.2. The molecule has 1 heterocycles. The van der Waals surface area contributed by atoms with Gasteiger partial charge in [-0.15, -0.1) is 12.4 Å². The first-order valence-corrected chi connectivity index (χ1v) is 6.66. The molecule has 1 amide bonds. The van der Waals surface area contributed by atoms with Gasteiger partial charge in [-0.1, -0.05) is 18.2 Å². The van der Waals surface area contributed by atoms with Crippen molar-refractivity contribution in [1.29, 1.82) is 0 Å². The molecule has 0 aliphatic carbocycles. The molecule has 0 spiro atoms. The summed E-state index contributed by atoms with van der Waals surface area (Å²) in [6.07, 6.45) is 1.60. The van der Waals surface area contributed by atoms with E-state index in [2.05, 4.69) is 10.4 Å². The first kappa shape index (κ1) is 17.2. The Morgan fingerprint density at radius 2 is 2.05 bits per heavy atom. The average Bonchev–Trinajstić information content (AvgIpc) is 2.81. The summed E-state index contributed by atoms with van der Waals surface area (Å²) in [5, 5.41) is 7.17. The summed E-state index contributed by atoms with van der Waals surface area (Å²) in [7, 11) is 0. The van der Waals surface area contributed by atoms with Crippen molar-refractivity contribution in [2.75, 3.05) is 6.54 Å². The van der Waals surface area contributed by atoms with Crippen LogP contribution in [-0.4, -0.2) is 28.3 Å². The fourth-order valence-electron chi connectivity index (χ4n) is 2.04. The predicted molar refractivity (Wildman–Crippen MR) is 86.3 cm³/mol. The highest BCUT2D eigenvalue weighted by molar-refractivity contribution is 5.95. The van der Waals surface area contributed by atoms with Crippen molar-refractivity contribution in [3.63, 3.8) is 0 Å². The van der Waals surface area contributed by atoms with Gasteiger partial charge in [-0.25, -0.2) is 4.68 Å².